The van der Waals surface area contributed by atoms with E-state index in [0.29, 0.717) is 6.04 Å². The number of fused-ring (bicyclic) bond motifs is 3. The highest BCUT2D eigenvalue weighted by Gasteiger charge is 2.59. The van der Waals surface area contributed by atoms with Crippen molar-refractivity contribution in [2.45, 2.75) is 110 Å². The van der Waals surface area contributed by atoms with Crippen molar-refractivity contribution in [3.8, 4) is 0 Å². The molecule has 1 aromatic rings. The summed E-state index contributed by atoms with van der Waals surface area (Å²) >= 11 is 0. The SMILES string of the molecule is CC12CCC(C1)C(C)(C)C2NC(=O)c1nn(C2CCCC2)c2c1CCCCC2. The molecule has 0 radical (unpaired) electrons. The van der Waals surface area contributed by atoms with Crippen molar-refractivity contribution in [1.29, 1.82) is 0 Å². The first-order chi connectivity index (χ1) is 13.4. The molecule has 1 N–H and O–H groups in total. The molecule has 0 aliphatic heterocycles. The average molecular weight is 384 g/mol. The van der Waals surface area contributed by atoms with Gasteiger partial charge in [0.15, 0.2) is 5.69 Å². The molecule has 1 aromatic heterocycles. The summed E-state index contributed by atoms with van der Waals surface area (Å²) in [7, 11) is 0. The van der Waals surface area contributed by atoms with Crippen LogP contribution in [0.15, 0.2) is 0 Å². The van der Waals surface area contributed by atoms with Crippen molar-refractivity contribution in [3.63, 3.8) is 0 Å². The zero-order valence-corrected chi connectivity index (χ0v) is 18.0. The lowest BCUT2D eigenvalue weighted by atomic mass is 9.68. The lowest BCUT2D eigenvalue weighted by Crippen LogP contribution is -2.52. The van der Waals surface area contributed by atoms with Gasteiger partial charge < -0.3 is 5.32 Å². The molecular formula is C24H37N3O. The van der Waals surface area contributed by atoms with Crippen molar-refractivity contribution >= 4 is 5.91 Å². The summed E-state index contributed by atoms with van der Waals surface area (Å²) in [5.74, 6) is 0.845. The van der Waals surface area contributed by atoms with Gasteiger partial charge in [-0.25, -0.2) is 0 Å². The summed E-state index contributed by atoms with van der Waals surface area (Å²) in [6, 6.07) is 0.786. The lowest BCUT2D eigenvalue weighted by molar-refractivity contribution is 0.0731. The molecule has 28 heavy (non-hydrogen) atoms. The van der Waals surface area contributed by atoms with Gasteiger partial charge in [0.05, 0.1) is 6.04 Å². The molecule has 3 unspecified atom stereocenters. The van der Waals surface area contributed by atoms with Crippen LogP contribution in [0.3, 0.4) is 0 Å². The number of aromatic nitrogens is 2. The largest absolute Gasteiger partial charge is 0.347 e. The van der Waals surface area contributed by atoms with Crippen molar-refractivity contribution in [2.75, 3.05) is 0 Å². The van der Waals surface area contributed by atoms with E-state index in [0.717, 1.165) is 24.5 Å². The van der Waals surface area contributed by atoms with Gasteiger partial charge in [-0.2, -0.15) is 5.10 Å². The molecule has 0 saturated heterocycles. The highest BCUT2D eigenvalue weighted by molar-refractivity contribution is 5.94. The smallest absolute Gasteiger partial charge is 0.272 e. The third-order valence-corrected chi connectivity index (χ3v) is 8.89. The lowest BCUT2D eigenvalue weighted by Gasteiger charge is -2.43. The van der Waals surface area contributed by atoms with E-state index in [2.05, 4.69) is 30.8 Å². The maximum absolute atomic E-state index is 13.5. The van der Waals surface area contributed by atoms with Gasteiger partial charge in [-0.3, -0.25) is 9.48 Å². The monoisotopic (exact) mass is 383 g/mol. The van der Waals surface area contributed by atoms with E-state index in [-0.39, 0.29) is 22.8 Å². The Morgan fingerprint density at radius 1 is 1.04 bits per heavy atom. The predicted octanol–water partition coefficient (Wildman–Crippen LogP) is 5.21. The molecule has 3 saturated carbocycles. The minimum Gasteiger partial charge on any atom is -0.347 e. The topological polar surface area (TPSA) is 46.9 Å². The molecule has 3 fully saturated rings. The van der Waals surface area contributed by atoms with Crippen LogP contribution in [-0.4, -0.2) is 21.7 Å². The van der Waals surface area contributed by atoms with Crippen molar-refractivity contribution in [2.24, 2.45) is 16.7 Å². The first-order valence-corrected chi connectivity index (χ1v) is 11.8. The molecule has 2 bridgehead atoms. The molecule has 3 atom stereocenters. The first kappa shape index (κ1) is 18.7. The molecule has 4 aliphatic carbocycles. The van der Waals surface area contributed by atoms with Crippen molar-refractivity contribution in [3.05, 3.63) is 17.0 Å². The highest BCUT2D eigenvalue weighted by Crippen LogP contribution is 2.62. The van der Waals surface area contributed by atoms with Gasteiger partial charge in [0, 0.05) is 17.3 Å². The maximum atomic E-state index is 13.5. The minimum absolute atomic E-state index is 0.0988. The van der Waals surface area contributed by atoms with Gasteiger partial charge in [0.25, 0.3) is 5.91 Å². The Morgan fingerprint density at radius 2 is 1.79 bits per heavy atom. The Bertz CT molecular complexity index is 768. The van der Waals surface area contributed by atoms with Gasteiger partial charge in [0.1, 0.15) is 0 Å². The van der Waals surface area contributed by atoms with E-state index < -0.39 is 0 Å². The van der Waals surface area contributed by atoms with Crippen LogP contribution >= 0.6 is 0 Å². The van der Waals surface area contributed by atoms with Gasteiger partial charge in [-0.1, -0.05) is 40.0 Å². The fourth-order valence-electron chi connectivity index (χ4n) is 7.30. The highest BCUT2D eigenvalue weighted by atomic mass is 16.2. The van der Waals surface area contributed by atoms with E-state index in [1.54, 1.807) is 0 Å². The summed E-state index contributed by atoms with van der Waals surface area (Å²) in [5.41, 5.74) is 3.86. The number of nitrogens with zero attached hydrogens (tertiary/aromatic N) is 2. The Kier molecular flexibility index (Phi) is 4.41. The molecular weight excluding hydrogens is 346 g/mol. The summed E-state index contributed by atoms with van der Waals surface area (Å²) in [5, 5.41) is 8.51. The average Bonchev–Trinajstić information content (AvgIpc) is 3.38. The van der Waals surface area contributed by atoms with E-state index in [4.69, 9.17) is 5.10 Å². The van der Waals surface area contributed by atoms with Crippen molar-refractivity contribution < 1.29 is 4.79 Å². The summed E-state index contributed by atoms with van der Waals surface area (Å²) in [6.45, 7) is 7.12. The predicted molar refractivity (Wildman–Crippen MR) is 111 cm³/mol. The van der Waals surface area contributed by atoms with E-state index in [1.807, 2.05) is 0 Å². The Balaban J connectivity index is 1.46. The Labute approximate surface area is 169 Å². The minimum atomic E-state index is 0.0988. The third-order valence-electron chi connectivity index (χ3n) is 8.89. The number of rotatable bonds is 3. The first-order valence-electron chi connectivity index (χ1n) is 11.8. The zero-order chi connectivity index (χ0) is 19.5. The summed E-state index contributed by atoms with van der Waals surface area (Å²) < 4.78 is 2.29. The van der Waals surface area contributed by atoms with Crippen LogP contribution in [0.2, 0.25) is 0 Å². The molecule has 4 heteroatoms. The van der Waals surface area contributed by atoms with Gasteiger partial charge in [0.2, 0.25) is 0 Å². The normalized spacial score (nSPS) is 34.4. The van der Waals surface area contributed by atoms with E-state index in [1.165, 1.54) is 75.5 Å². The number of carbonyl (C=O) groups is 1. The Hall–Kier alpha value is -1.32. The standard InChI is InChI=1S/C24H37N3O/c1-23(2)16-13-14-24(3,15-16)22(23)25-21(28)20-18-11-5-4-6-12-19(18)27(26-20)17-9-7-8-10-17/h16-17,22H,4-15H2,1-3H3,(H,25,28). The Morgan fingerprint density at radius 3 is 2.50 bits per heavy atom. The summed E-state index contributed by atoms with van der Waals surface area (Å²) in [6.07, 6.45) is 14.7. The van der Waals surface area contributed by atoms with Gasteiger partial charge in [-0.05, 0) is 74.5 Å². The molecule has 0 spiro atoms. The number of hydrogen-bond donors (Lipinski definition) is 1. The molecule has 4 aliphatic rings. The van der Waals surface area contributed by atoms with E-state index in [9.17, 15) is 4.79 Å². The van der Waals surface area contributed by atoms with Crippen molar-refractivity contribution in [1.82, 2.24) is 15.1 Å². The second kappa shape index (κ2) is 6.60. The number of nitrogens with one attached hydrogen (secondary N) is 1. The fourth-order valence-corrected chi connectivity index (χ4v) is 7.30. The van der Waals surface area contributed by atoms with Gasteiger partial charge in [-0.15, -0.1) is 0 Å². The van der Waals surface area contributed by atoms with Crippen LogP contribution in [0.25, 0.3) is 0 Å². The molecule has 4 nitrogen and oxygen atoms in total. The van der Waals surface area contributed by atoms with Crippen LogP contribution in [0.4, 0.5) is 0 Å². The molecule has 5 rings (SSSR count). The number of amides is 1. The molecule has 1 amide bonds. The van der Waals surface area contributed by atoms with Crippen LogP contribution in [0.1, 0.15) is 113 Å². The number of hydrogen-bond acceptors (Lipinski definition) is 2. The number of carbonyl (C=O) groups excluding carboxylic acids is 1. The van der Waals surface area contributed by atoms with E-state index >= 15 is 0 Å². The molecule has 154 valence electrons. The maximum Gasteiger partial charge on any atom is 0.272 e. The van der Waals surface area contributed by atoms with Gasteiger partial charge >= 0.3 is 0 Å². The van der Waals surface area contributed by atoms with Crippen LogP contribution in [0, 0.1) is 16.7 Å². The van der Waals surface area contributed by atoms with Crippen LogP contribution in [0.5, 0.6) is 0 Å². The zero-order valence-electron chi connectivity index (χ0n) is 18.0. The quantitative estimate of drug-likeness (QED) is 0.728. The third kappa shape index (κ3) is 2.77. The van der Waals surface area contributed by atoms with Crippen LogP contribution in [-0.2, 0) is 12.8 Å². The second-order valence-corrected chi connectivity index (χ2v) is 11.0. The van der Waals surface area contributed by atoms with Crippen LogP contribution < -0.4 is 5.32 Å². The summed E-state index contributed by atoms with van der Waals surface area (Å²) in [4.78, 5) is 13.5. The molecule has 1 heterocycles. The molecule has 0 aromatic carbocycles. The second-order valence-electron chi connectivity index (χ2n) is 11.0. The fraction of sp³-hybridized carbons (Fsp3) is 0.833.